The maximum absolute atomic E-state index is 12.1. The van der Waals surface area contributed by atoms with Crippen molar-refractivity contribution in [3.63, 3.8) is 0 Å². The maximum Gasteiger partial charge on any atom is 0.244 e. The molecular weight excluding hydrogens is 256 g/mol. The lowest BCUT2D eigenvalue weighted by Gasteiger charge is -2.16. The molecule has 104 valence electrons. The van der Waals surface area contributed by atoms with Crippen LogP contribution in [0, 0.1) is 0 Å². The normalized spacial score (nSPS) is 18.2. The van der Waals surface area contributed by atoms with E-state index in [-0.39, 0.29) is 18.6 Å². The molecule has 20 heavy (non-hydrogen) atoms. The van der Waals surface area contributed by atoms with E-state index in [9.17, 15) is 4.79 Å². The number of hydrogen-bond donors (Lipinski definition) is 0. The fraction of sp³-hybridized carbons (Fsp3) is 0.357. The quantitative estimate of drug-likeness (QED) is 0.831. The van der Waals surface area contributed by atoms with Crippen molar-refractivity contribution in [3.8, 4) is 5.88 Å². The van der Waals surface area contributed by atoms with Crippen LogP contribution in [-0.2, 0) is 11.3 Å². The first-order chi connectivity index (χ1) is 9.81. The lowest BCUT2D eigenvalue weighted by molar-refractivity contribution is -0.131. The molecule has 0 saturated carbocycles. The van der Waals surface area contributed by atoms with E-state index in [1.807, 2.05) is 29.2 Å². The average molecular weight is 272 g/mol. The Morgan fingerprint density at radius 2 is 2.30 bits per heavy atom. The van der Waals surface area contributed by atoms with Gasteiger partial charge in [0.2, 0.25) is 11.8 Å². The van der Waals surface area contributed by atoms with Gasteiger partial charge < -0.3 is 9.64 Å². The summed E-state index contributed by atoms with van der Waals surface area (Å²) in [6, 6.07) is 7.37. The van der Waals surface area contributed by atoms with Gasteiger partial charge in [0.25, 0.3) is 0 Å². The first-order valence-electron chi connectivity index (χ1n) is 6.64. The summed E-state index contributed by atoms with van der Waals surface area (Å²) >= 11 is 0. The number of ether oxygens (including phenoxy) is 1. The van der Waals surface area contributed by atoms with Crippen molar-refractivity contribution in [1.29, 1.82) is 0 Å². The molecule has 0 radical (unpaired) electrons. The molecule has 0 bridgehead atoms. The van der Waals surface area contributed by atoms with E-state index in [0.717, 1.165) is 13.0 Å². The van der Waals surface area contributed by atoms with Gasteiger partial charge in [-0.1, -0.05) is 6.07 Å². The highest BCUT2D eigenvalue weighted by Crippen LogP contribution is 2.16. The van der Waals surface area contributed by atoms with Crippen molar-refractivity contribution in [2.75, 3.05) is 13.1 Å². The van der Waals surface area contributed by atoms with E-state index >= 15 is 0 Å². The predicted octanol–water partition coefficient (Wildman–Crippen LogP) is 0.958. The topological polar surface area (TPSA) is 60.2 Å². The van der Waals surface area contributed by atoms with E-state index < -0.39 is 0 Å². The second-order valence-corrected chi connectivity index (χ2v) is 4.74. The molecular formula is C14H16N4O2. The number of carbonyl (C=O) groups excluding carboxylic acids is 1. The summed E-state index contributed by atoms with van der Waals surface area (Å²) in [5, 5.41) is 4.04. The molecule has 6 heteroatoms. The number of rotatable bonds is 4. The molecule has 1 aliphatic heterocycles. The van der Waals surface area contributed by atoms with Crippen molar-refractivity contribution >= 4 is 5.91 Å². The summed E-state index contributed by atoms with van der Waals surface area (Å²) in [6.07, 6.45) is 6.01. The van der Waals surface area contributed by atoms with Gasteiger partial charge in [0.1, 0.15) is 12.6 Å². The smallest absolute Gasteiger partial charge is 0.244 e. The van der Waals surface area contributed by atoms with Gasteiger partial charge in [-0.15, -0.1) is 0 Å². The molecule has 3 rings (SSSR count). The SMILES string of the molecule is O=C(Cn1cccn1)N1CCC(Oc2ccccn2)C1. The standard InChI is InChI=1S/C14H16N4O2/c19-14(11-18-8-3-7-16-18)17-9-5-12(10-17)20-13-4-1-2-6-15-13/h1-4,6-8,12H,5,9-11H2. The zero-order valence-electron chi connectivity index (χ0n) is 11.1. The van der Waals surface area contributed by atoms with Crippen LogP contribution in [0.25, 0.3) is 0 Å². The fourth-order valence-corrected chi connectivity index (χ4v) is 2.27. The van der Waals surface area contributed by atoms with Crippen LogP contribution >= 0.6 is 0 Å². The Hall–Kier alpha value is -2.37. The largest absolute Gasteiger partial charge is 0.472 e. The minimum absolute atomic E-state index is 0.0199. The summed E-state index contributed by atoms with van der Waals surface area (Å²) in [4.78, 5) is 18.1. The monoisotopic (exact) mass is 272 g/mol. The Morgan fingerprint density at radius 1 is 1.35 bits per heavy atom. The van der Waals surface area contributed by atoms with Crippen LogP contribution in [0.2, 0.25) is 0 Å². The lowest BCUT2D eigenvalue weighted by atomic mass is 10.3. The number of carbonyl (C=O) groups is 1. The highest BCUT2D eigenvalue weighted by atomic mass is 16.5. The van der Waals surface area contributed by atoms with Crippen LogP contribution in [0.5, 0.6) is 5.88 Å². The fourth-order valence-electron chi connectivity index (χ4n) is 2.27. The van der Waals surface area contributed by atoms with Crippen LogP contribution in [0.3, 0.4) is 0 Å². The molecule has 3 heterocycles. The van der Waals surface area contributed by atoms with E-state index in [4.69, 9.17) is 4.74 Å². The Kier molecular flexibility index (Phi) is 3.62. The van der Waals surface area contributed by atoms with Crippen LogP contribution in [0.15, 0.2) is 42.9 Å². The molecule has 6 nitrogen and oxygen atoms in total. The van der Waals surface area contributed by atoms with Gasteiger partial charge in [-0.3, -0.25) is 9.48 Å². The van der Waals surface area contributed by atoms with Gasteiger partial charge in [-0.2, -0.15) is 5.10 Å². The van der Waals surface area contributed by atoms with Gasteiger partial charge in [-0.05, 0) is 12.1 Å². The van der Waals surface area contributed by atoms with E-state index in [0.29, 0.717) is 12.4 Å². The van der Waals surface area contributed by atoms with E-state index in [1.54, 1.807) is 23.3 Å². The van der Waals surface area contributed by atoms with Gasteiger partial charge in [0.15, 0.2) is 0 Å². The minimum Gasteiger partial charge on any atom is -0.472 e. The zero-order chi connectivity index (χ0) is 13.8. The third kappa shape index (κ3) is 2.96. The summed E-state index contributed by atoms with van der Waals surface area (Å²) < 4.78 is 7.40. The Labute approximate surface area is 117 Å². The number of amides is 1. The summed E-state index contributed by atoms with van der Waals surface area (Å²) in [5.41, 5.74) is 0. The molecule has 1 unspecified atom stereocenters. The summed E-state index contributed by atoms with van der Waals surface area (Å²) in [6.45, 7) is 1.61. The minimum atomic E-state index is 0.0199. The van der Waals surface area contributed by atoms with Crippen molar-refractivity contribution in [2.45, 2.75) is 19.1 Å². The lowest BCUT2D eigenvalue weighted by Crippen LogP contribution is -2.33. The first kappa shape index (κ1) is 12.7. The molecule has 2 aromatic heterocycles. The van der Waals surface area contributed by atoms with Gasteiger partial charge >= 0.3 is 0 Å². The average Bonchev–Trinajstić information content (AvgIpc) is 3.11. The first-order valence-corrected chi connectivity index (χ1v) is 6.64. The van der Waals surface area contributed by atoms with Crippen LogP contribution in [-0.4, -0.2) is 44.8 Å². The molecule has 0 N–H and O–H groups in total. The zero-order valence-corrected chi connectivity index (χ0v) is 11.1. The molecule has 1 fully saturated rings. The number of likely N-dealkylation sites (tertiary alicyclic amines) is 1. The van der Waals surface area contributed by atoms with Gasteiger partial charge in [-0.25, -0.2) is 4.98 Å². The predicted molar refractivity (Wildman–Crippen MR) is 72.1 cm³/mol. The number of hydrogen-bond acceptors (Lipinski definition) is 4. The molecule has 1 aliphatic rings. The number of nitrogens with zero attached hydrogens (tertiary/aromatic N) is 4. The third-order valence-electron chi connectivity index (χ3n) is 3.28. The Morgan fingerprint density at radius 3 is 3.05 bits per heavy atom. The van der Waals surface area contributed by atoms with Gasteiger partial charge in [0, 0.05) is 37.6 Å². The van der Waals surface area contributed by atoms with Crippen LogP contribution in [0.1, 0.15) is 6.42 Å². The molecule has 1 atom stereocenters. The summed E-state index contributed by atoms with van der Waals surface area (Å²) in [5.74, 6) is 0.680. The van der Waals surface area contributed by atoms with Crippen molar-refractivity contribution < 1.29 is 9.53 Å². The molecule has 2 aromatic rings. The van der Waals surface area contributed by atoms with Crippen molar-refractivity contribution in [3.05, 3.63) is 42.9 Å². The molecule has 0 spiro atoms. The Bertz CT molecular complexity index is 556. The number of pyridine rings is 1. The third-order valence-corrected chi connectivity index (χ3v) is 3.28. The molecule has 1 amide bonds. The highest BCUT2D eigenvalue weighted by Gasteiger charge is 2.27. The summed E-state index contributed by atoms with van der Waals surface area (Å²) in [7, 11) is 0. The molecule has 0 aliphatic carbocycles. The molecule has 1 saturated heterocycles. The van der Waals surface area contributed by atoms with Crippen LogP contribution < -0.4 is 4.74 Å². The van der Waals surface area contributed by atoms with Gasteiger partial charge in [0.05, 0.1) is 6.54 Å². The second kappa shape index (κ2) is 5.73. The number of aromatic nitrogens is 3. The van der Waals surface area contributed by atoms with Crippen molar-refractivity contribution in [1.82, 2.24) is 19.7 Å². The molecule has 0 aromatic carbocycles. The second-order valence-electron chi connectivity index (χ2n) is 4.74. The van der Waals surface area contributed by atoms with Crippen molar-refractivity contribution in [2.24, 2.45) is 0 Å². The Balaban J connectivity index is 1.53. The highest BCUT2D eigenvalue weighted by molar-refractivity contribution is 5.76. The van der Waals surface area contributed by atoms with E-state index in [2.05, 4.69) is 10.1 Å². The van der Waals surface area contributed by atoms with E-state index in [1.165, 1.54) is 0 Å². The maximum atomic E-state index is 12.1. The van der Waals surface area contributed by atoms with Crippen LogP contribution in [0.4, 0.5) is 0 Å².